The van der Waals surface area contributed by atoms with E-state index < -0.39 is 10.0 Å². The van der Waals surface area contributed by atoms with Crippen molar-refractivity contribution >= 4 is 38.6 Å². The summed E-state index contributed by atoms with van der Waals surface area (Å²) >= 11 is 7.04. The Bertz CT molecular complexity index is 738. The number of aryl methyl sites for hydroxylation is 2. The maximum Gasteiger partial charge on any atom is 0.271 e. The van der Waals surface area contributed by atoms with Crippen LogP contribution in [0.4, 0.5) is 5.69 Å². The lowest BCUT2D eigenvalue weighted by Gasteiger charge is -2.08. The van der Waals surface area contributed by atoms with Crippen LogP contribution in [0.15, 0.2) is 28.5 Å². The van der Waals surface area contributed by atoms with Crippen molar-refractivity contribution < 1.29 is 13.5 Å². The van der Waals surface area contributed by atoms with Crippen LogP contribution in [-0.4, -0.2) is 13.5 Å². The van der Waals surface area contributed by atoms with E-state index in [1.54, 1.807) is 31.2 Å². The number of halogens is 1. The second kappa shape index (κ2) is 5.73. The summed E-state index contributed by atoms with van der Waals surface area (Å²) < 4.78 is 27.3. The molecule has 1 aromatic heterocycles. The lowest BCUT2D eigenvalue weighted by Crippen LogP contribution is -2.11. The van der Waals surface area contributed by atoms with Crippen molar-refractivity contribution in [2.24, 2.45) is 0 Å². The Morgan fingerprint density at radius 3 is 2.60 bits per heavy atom. The highest BCUT2D eigenvalue weighted by molar-refractivity contribution is 7.94. The van der Waals surface area contributed by atoms with E-state index in [1.807, 2.05) is 6.92 Å². The van der Waals surface area contributed by atoms with Crippen molar-refractivity contribution in [3.05, 3.63) is 45.3 Å². The Labute approximate surface area is 127 Å². The molecule has 7 heteroatoms. The number of benzene rings is 1. The zero-order chi connectivity index (χ0) is 14.9. The van der Waals surface area contributed by atoms with E-state index in [-0.39, 0.29) is 10.8 Å². The van der Waals surface area contributed by atoms with Gasteiger partial charge in [-0.05, 0) is 43.2 Å². The van der Waals surface area contributed by atoms with Crippen molar-refractivity contribution in [2.75, 3.05) is 4.72 Å². The lowest BCUT2D eigenvalue weighted by atomic mass is 10.2. The molecule has 0 atom stereocenters. The summed E-state index contributed by atoms with van der Waals surface area (Å²) in [6, 6.07) is 6.67. The highest BCUT2D eigenvalue weighted by atomic mass is 35.5. The molecule has 1 aromatic carbocycles. The van der Waals surface area contributed by atoms with Crippen LogP contribution in [0.1, 0.15) is 16.0 Å². The first-order valence-corrected chi connectivity index (χ1v) is 8.50. The van der Waals surface area contributed by atoms with Crippen molar-refractivity contribution in [3.63, 3.8) is 0 Å². The van der Waals surface area contributed by atoms with Crippen LogP contribution >= 0.6 is 22.9 Å². The first kappa shape index (κ1) is 15.3. The molecule has 1 heterocycles. The molecule has 2 rings (SSSR count). The van der Waals surface area contributed by atoms with E-state index in [9.17, 15) is 8.42 Å². The van der Waals surface area contributed by atoms with Gasteiger partial charge in [-0.25, -0.2) is 8.42 Å². The van der Waals surface area contributed by atoms with Gasteiger partial charge in [0.25, 0.3) is 10.0 Å². The predicted octanol–water partition coefficient (Wildman–Crippen LogP) is 3.31. The normalized spacial score (nSPS) is 11.6. The summed E-state index contributed by atoms with van der Waals surface area (Å²) in [5, 5.41) is 9.48. The van der Waals surface area contributed by atoms with E-state index in [4.69, 9.17) is 16.7 Å². The van der Waals surface area contributed by atoms with Gasteiger partial charge in [-0.1, -0.05) is 17.7 Å². The van der Waals surface area contributed by atoms with Crippen LogP contribution in [0, 0.1) is 13.8 Å². The van der Waals surface area contributed by atoms with Gasteiger partial charge in [0.05, 0.1) is 17.3 Å². The average molecular weight is 332 g/mol. The molecule has 4 nitrogen and oxygen atoms in total. The molecule has 0 saturated carbocycles. The zero-order valence-corrected chi connectivity index (χ0v) is 13.4. The highest BCUT2D eigenvalue weighted by Crippen LogP contribution is 2.30. The number of hydrogen-bond acceptors (Lipinski definition) is 4. The smallest absolute Gasteiger partial charge is 0.271 e. The Kier molecular flexibility index (Phi) is 4.39. The second-order valence-corrected chi connectivity index (χ2v) is 7.87. The van der Waals surface area contributed by atoms with Gasteiger partial charge < -0.3 is 5.11 Å². The Balaban J connectivity index is 2.37. The quantitative estimate of drug-likeness (QED) is 0.903. The van der Waals surface area contributed by atoms with Crippen LogP contribution in [0.2, 0.25) is 5.02 Å². The molecule has 0 aliphatic rings. The van der Waals surface area contributed by atoms with Crippen LogP contribution in [0.5, 0.6) is 0 Å². The second-order valence-electron chi connectivity index (χ2n) is 4.42. The molecule has 2 aromatic rings. The Morgan fingerprint density at radius 2 is 2.00 bits per heavy atom. The highest BCUT2D eigenvalue weighted by Gasteiger charge is 2.20. The predicted molar refractivity (Wildman–Crippen MR) is 82.0 cm³/mol. The van der Waals surface area contributed by atoms with Gasteiger partial charge in [0, 0.05) is 4.88 Å². The fourth-order valence-corrected chi connectivity index (χ4v) is 4.43. The maximum absolute atomic E-state index is 12.3. The number of rotatable bonds is 4. The van der Waals surface area contributed by atoms with Gasteiger partial charge >= 0.3 is 0 Å². The minimum absolute atomic E-state index is 0.164. The van der Waals surface area contributed by atoms with Gasteiger partial charge in [0.1, 0.15) is 4.21 Å². The summed E-state index contributed by atoms with van der Waals surface area (Å²) in [4.78, 5) is 0.640. The first-order chi connectivity index (χ1) is 9.33. The van der Waals surface area contributed by atoms with Gasteiger partial charge in [-0.2, -0.15) is 0 Å². The minimum Gasteiger partial charge on any atom is -0.391 e. The summed E-state index contributed by atoms with van der Waals surface area (Å²) in [7, 11) is -3.69. The molecule has 0 fully saturated rings. The monoisotopic (exact) mass is 331 g/mol. The first-order valence-electron chi connectivity index (χ1n) is 5.82. The van der Waals surface area contributed by atoms with E-state index in [2.05, 4.69) is 4.72 Å². The number of hydrogen-bond donors (Lipinski definition) is 2. The summed E-state index contributed by atoms with van der Waals surface area (Å²) in [5.41, 5.74) is 2.02. The molecule has 20 heavy (non-hydrogen) atoms. The zero-order valence-electron chi connectivity index (χ0n) is 11.0. The third-order valence-corrected chi connectivity index (χ3v) is 6.16. The van der Waals surface area contributed by atoms with Crippen molar-refractivity contribution in [1.82, 2.24) is 0 Å². The van der Waals surface area contributed by atoms with Crippen LogP contribution in [0.25, 0.3) is 0 Å². The standard InChI is InChI=1S/C13H14ClNO3S2/c1-8-3-4-10(14)11(5-8)15-20(17,18)13-6-9(2)12(7-16)19-13/h3-6,15-16H,7H2,1-2H3. The average Bonchev–Trinajstić information content (AvgIpc) is 2.76. The molecule has 0 aliphatic heterocycles. The van der Waals surface area contributed by atoms with Crippen molar-refractivity contribution in [3.8, 4) is 0 Å². The number of anilines is 1. The number of aliphatic hydroxyl groups is 1. The minimum atomic E-state index is -3.69. The molecule has 108 valence electrons. The molecule has 0 saturated heterocycles. The maximum atomic E-state index is 12.3. The largest absolute Gasteiger partial charge is 0.391 e. The van der Waals surface area contributed by atoms with Gasteiger partial charge in [-0.3, -0.25) is 4.72 Å². The Morgan fingerprint density at radius 1 is 1.30 bits per heavy atom. The van der Waals surface area contributed by atoms with Crippen LogP contribution in [-0.2, 0) is 16.6 Å². The molecular weight excluding hydrogens is 318 g/mol. The van der Waals surface area contributed by atoms with Gasteiger partial charge in [0.15, 0.2) is 0 Å². The molecule has 0 amide bonds. The third-order valence-electron chi connectivity index (χ3n) is 2.77. The fourth-order valence-electron chi connectivity index (χ4n) is 1.69. The summed E-state index contributed by atoms with van der Waals surface area (Å²) in [6.07, 6.45) is 0. The number of thiophene rings is 1. The topological polar surface area (TPSA) is 66.4 Å². The molecule has 2 N–H and O–H groups in total. The number of nitrogens with one attached hydrogen (secondary N) is 1. The van der Waals surface area contributed by atoms with Crippen LogP contribution < -0.4 is 4.72 Å². The summed E-state index contributed by atoms with van der Waals surface area (Å²) in [6.45, 7) is 3.45. The van der Waals surface area contributed by atoms with E-state index in [1.165, 1.54) is 0 Å². The van der Waals surface area contributed by atoms with Gasteiger partial charge in [0.2, 0.25) is 0 Å². The van der Waals surface area contributed by atoms with Crippen molar-refractivity contribution in [2.45, 2.75) is 24.7 Å². The van der Waals surface area contributed by atoms with Crippen molar-refractivity contribution in [1.29, 1.82) is 0 Å². The van der Waals surface area contributed by atoms with E-state index in [0.717, 1.165) is 22.5 Å². The van der Waals surface area contributed by atoms with E-state index in [0.29, 0.717) is 15.6 Å². The fraction of sp³-hybridized carbons (Fsp3) is 0.231. The third kappa shape index (κ3) is 3.15. The molecule has 0 unspecified atom stereocenters. The summed E-state index contributed by atoms with van der Waals surface area (Å²) in [5.74, 6) is 0. The van der Waals surface area contributed by atoms with Crippen LogP contribution in [0.3, 0.4) is 0 Å². The molecule has 0 bridgehead atoms. The van der Waals surface area contributed by atoms with E-state index >= 15 is 0 Å². The SMILES string of the molecule is Cc1ccc(Cl)c(NS(=O)(=O)c2cc(C)c(CO)s2)c1. The molecule has 0 spiro atoms. The molecule has 0 aliphatic carbocycles. The number of sulfonamides is 1. The lowest BCUT2D eigenvalue weighted by molar-refractivity contribution is 0.285. The number of aliphatic hydroxyl groups excluding tert-OH is 1. The Hall–Kier alpha value is -1.08. The molecular formula is C13H14ClNO3S2. The van der Waals surface area contributed by atoms with Gasteiger partial charge in [-0.15, -0.1) is 11.3 Å². The molecule has 0 radical (unpaired) electrons.